The highest BCUT2D eigenvalue weighted by molar-refractivity contribution is 6.05. The van der Waals surface area contributed by atoms with E-state index in [9.17, 15) is 29.4 Å². The zero-order valence-corrected chi connectivity index (χ0v) is 31.3. The number of guanidine groups is 2. The average Bonchev–Trinajstić information content (AvgIpc) is 3.93. The van der Waals surface area contributed by atoms with E-state index in [0.717, 1.165) is 5.57 Å². The number of rotatable bonds is 11. The molecule has 3 aliphatic heterocycles. The Morgan fingerprint density at radius 3 is 2.36 bits per heavy atom. The molecule has 294 valence electrons. The third kappa shape index (κ3) is 8.12. The van der Waals surface area contributed by atoms with Crippen LogP contribution in [0.5, 0.6) is 0 Å². The van der Waals surface area contributed by atoms with Crippen molar-refractivity contribution in [3.05, 3.63) is 51.7 Å². The molecule has 1 aromatic heterocycles. The van der Waals surface area contributed by atoms with Gasteiger partial charge >= 0.3 is 5.97 Å². The average molecular weight is 760 g/mol. The number of hydrogen-bond donors (Lipinski definition) is 8. The Balaban J connectivity index is 1.36. The van der Waals surface area contributed by atoms with Gasteiger partial charge in [0.15, 0.2) is 5.95 Å². The number of aromatic nitrogens is 2. The van der Waals surface area contributed by atoms with Gasteiger partial charge in [0.05, 0.1) is 49.0 Å². The third-order valence-corrected chi connectivity index (χ3v) is 11.8. The van der Waals surface area contributed by atoms with E-state index in [1.165, 1.54) is 18.3 Å². The highest BCUT2D eigenvalue weighted by Crippen LogP contribution is 2.62. The number of nitrogens with two attached hydrogens (primary N) is 1. The Kier molecular flexibility index (Phi) is 11.4. The van der Waals surface area contributed by atoms with Gasteiger partial charge in [-0.15, -0.1) is 0 Å². The molecule has 55 heavy (non-hydrogen) atoms. The summed E-state index contributed by atoms with van der Waals surface area (Å²) in [6, 6.07) is -2.81. The predicted octanol–water partition coefficient (Wildman–Crippen LogP) is -0.275. The highest BCUT2D eigenvalue weighted by atomic mass is 16.5. The lowest BCUT2D eigenvalue weighted by Crippen LogP contribution is -2.63. The van der Waals surface area contributed by atoms with E-state index in [0.29, 0.717) is 32.4 Å². The van der Waals surface area contributed by atoms with Crippen molar-refractivity contribution in [3.63, 3.8) is 0 Å². The minimum absolute atomic E-state index is 0.0650. The first-order chi connectivity index (χ1) is 26.1. The van der Waals surface area contributed by atoms with E-state index in [4.69, 9.17) is 10.5 Å². The van der Waals surface area contributed by atoms with Gasteiger partial charge in [-0.25, -0.2) is 29.7 Å². The van der Waals surface area contributed by atoms with Gasteiger partial charge in [-0.05, 0) is 68.9 Å². The molecule has 2 saturated carbocycles. The summed E-state index contributed by atoms with van der Waals surface area (Å²) in [5.74, 6) is -1.64. The molecule has 2 fully saturated rings. The first kappa shape index (κ1) is 39.5. The van der Waals surface area contributed by atoms with E-state index in [2.05, 4.69) is 64.7 Å². The monoisotopic (exact) mass is 759 g/mol. The number of H-pyrrole nitrogens is 1. The van der Waals surface area contributed by atoms with Gasteiger partial charge in [0, 0.05) is 36.1 Å². The lowest BCUT2D eigenvalue weighted by atomic mass is 9.45. The molecule has 0 spiro atoms. The van der Waals surface area contributed by atoms with E-state index in [-0.39, 0.29) is 65.5 Å². The molecule has 0 radical (unpaired) electrons. The van der Waals surface area contributed by atoms with Crippen molar-refractivity contribution in [1.82, 2.24) is 31.2 Å². The van der Waals surface area contributed by atoms with Gasteiger partial charge in [-0.3, -0.25) is 40.6 Å². The van der Waals surface area contributed by atoms with Gasteiger partial charge in [-0.2, -0.15) is 0 Å². The van der Waals surface area contributed by atoms with Gasteiger partial charge in [0.25, 0.3) is 5.56 Å². The maximum atomic E-state index is 13.7. The van der Waals surface area contributed by atoms with Gasteiger partial charge in [0.1, 0.15) is 5.76 Å². The standard InChI is InChI=1S/C37H49N11O7/c1-18-24(36(4)7-6-28(50)37(5,17-49)27(36)15-25(18)44-19(2)29(51)47-34-39-8-9-40-34)14-26(45-20(3)30(52)48-35-41-10-11-42-35)23-13-22(55-32(23)54)12-21-16-43-33(38)46-31(21)53/h8,10,12-13,16,19-20,24-28,44-45,49-50H,1,6-7,9,11,14-15,17H2,2-5H3,(H,40,47,51)(H,42,48,52)(H3,38,43,46,53)/b22-12+/t19?,20?,24?,25?,26?,27?,28-,36-,37+/m1/s1. The van der Waals surface area contributed by atoms with Crippen LogP contribution in [-0.2, 0) is 19.1 Å². The number of aliphatic hydroxyl groups excluding tert-OH is 2. The van der Waals surface area contributed by atoms with Crippen LogP contribution in [0, 0.1) is 22.7 Å². The normalized spacial score (nSPS) is 30.9. The van der Waals surface area contributed by atoms with Crippen LogP contribution >= 0.6 is 0 Å². The molecule has 0 aromatic carbocycles. The van der Waals surface area contributed by atoms with Crippen LogP contribution in [0.4, 0.5) is 5.95 Å². The van der Waals surface area contributed by atoms with Gasteiger partial charge < -0.3 is 20.7 Å². The Bertz CT molecular complexity index is 1990. The predicted molar refractivity (Wildman–Crippen MR) is 206 cm³/mol. The second-order valence-electron chi connectivity index (χ2n) is 15.3. The molecule has 6 rings (SSSR count). The number of amides is 2. The second-order valence-corrected chi connectivity index (χ2v) is 15.3. The van der Waals surface area contributed by atoms with E-state index >= 15 is 0 Å². The summed E-state index contributed by atoms with van der Waals surface area (Å²) in [5.41, 5.74) is 4.73. The van der Waals surface area contributed by atoms with Crippen LogP contribution in [0.2, 0.25) is 0 Å². The van der Waals surface area contributed by atoms with E-state index in [1.807, 2.05) is 6.92 Å². The molecule has 2 aliphatic carbocycles. The summed E-state index contributed by atoms with van der Waals surface area (Å²) in [5, 5.41) is 34.4. The number of aromatic amines is 1. The number of cyclic esters (lactones) is 1. The summed E-state index contributed by atoms with van der Waals surface area (Å²) in [6.07, 6.45) is 8.27. The van der Waals surface area contributed by atoms with Crippen LogP contribution in [0.3, 0.4) is 0 Å². The first-order valence-electron chi connectivity index (χ1n) is 18.4. The summed E-state index contributed by atoms with van der Waals surface area (Å²) >= 11 is 0. The number of aliphatic hydroxyl groups is 2. The van der Waals surface area contributed by atoms with Crippen molar-refractivity contribution in [3.8, 4) is 0 Å². The van der Waals surface area contributed by atoms with Crippen molar-refractivity contribution >= 4 is 54.2 Å². The summed E-state index contributed by atoms with van der Waals surface area (Å²) in [6.45, 7) is 12.4. The number of allylic oxidation sites excluding steroid dienone is 1. The van der Waals surface area contributed by atoms with Crippen molar-refractivity contribution in [2.75, 3.05) is 25.4 Å². The number of nitrogen functional groups attached to an aromatic ring is 1. The zero-order valence-electron chi connectivity index (χ0n) is 31.3. The largest absolute Gasteiger partial charge is 0.423 e. The zero-order chi connectivity index (χ0) is 39.7. The molecule has 18 nitrogen and oxygen atoms in total. The number of fused-ring (bicyclic) bond motifs is 1. The topological polar surface area (TPSA) is 270 Å². The highest BCUT2D eigenvalue weighted by Gasteiger charge is 2.60. The molecule has 0 bridgehead atoms. The fourth-order valence-electron chi connectivity index (χ4n) is 8.60. The molecular weight excluding hydrogens is 710 g/mol. The summed E-state index contributed by atoms with van der Waals surface area (Å²) in [4.78, 5) is 75.7. The van der Waals surface area contributed by atoms with Crippen LogP contribution in [0.15, 0.2) is 60.5 Å². The minimum Gasteiger partial charge on any atom is -0.423 e. The van der Waals surface area contributed by atoms with Crippen molar-refractivity contribution in [2.24, 2.45) is 42.6 Å². The molecule has 5 aliphatic rings. The number of ether oxygens (including phenoxy) is 1. The van der Waals surface area contributed by atoms with Crippen LogP contribution in [0.25, 0.3) is 6.08 Å². The lowest BCUT2D eigenvalue weighted by molar-refractivity contribution is -0.156. The molecule has 1 aromatic rings. The third-order valence-electron chi connectivity index (χ3n) is 11.8. The molecule has 2 amide bonds. The number of nitrogens with one attached hydrogen (secondary N) is 5. The van der Waals surface area contributed by atoms with Crippen LogP contribution < -0.4 is 32.6 Å². The molecule has 0 saturated heterocycles. The number of carbonyl (C=O) groups excluding carboxylic acids is 3. The number of nitrogens with zero attached hydrogens (tertiary/aromatic N) is 5. The van der Waals surface area contributed by atoms with Gasteiger partial charge in [0.2, 0.25) is 23.7 Å². The number of carbonyl (C=O) groups is 3. The number of anilines is 1. The number of esters is 1. The fourth-order valence-corrected chi connectivity index (χ4v) is 8.60. The molecule has 9 N–H and O–H groups in total. The fraction of sp³-hybridized carbons (Fsp3) is 0.541. The maximum Gasteiger partial charge on any atom is 0.341 e. The quantitative estimate of drug-likeness (QED) is 0.107. The number of hydrogen-bond acceptors (Lipinski definition) is 15. The Labute approximate surface area is 317 Å². The molecule has 6 unspecified atom stereocenters. The summed E-state index contributed by atoms with van der Waals surface area (Å²) < 4.78 is 5.63. The van der Waals surface area contributed by atoms with Crippen molar-refractivity contribution < 1.29 is 29.3 Å². The van der Waals surface area contributed by atoms with Gasteiger partial charge in [-0.1, -0.05) is 26.0 Å². The Morgan fingerprint density at radius 2 is 1.76 bits per heavy atom. The van der Waals surface area contributed by atoms with E-state index < -0.39 is 58.5 Å². The Morgan fingerprint density at radius 1 is 1.11 bits per heavy atom. The van der Waals surface area contributed by atoms with Crippen molar-refractivity contribution in [2.45, 2.75) is 83.6 Å². The molecular formula is C37H49N11O7. The van der Waals surface area contributed by atoms with Crippen LogP contribution in [-0.4, -0.2) is 112 Å². The molecule has 18 heteroatoms. The second kappa shape index (κ2) is 15.9. The smallest absolute Gasteiger partial charge is 0.341 e. The maximum absolute atomic E-state index is 13.7. The summed E-state index contributed by atoms with van der Waals surface area (Å²) in [7, 11) is 0. The first-order valence-corrected chi connectivity index (χ1v) is 18.4. The Hall–Kier alpha value is -5.17. The minimum atomic E-state index is -0.898. The SMILES string of the molecule is C=C1C(NC(C)C(=O)NC2=NCC=N2)CC2[C@](C)(CC[C@@H](O)[C@@]2(C)CO)C1CC(NC(C)C(=O)NC1=NCC=N1)C1=C/C(=C\c2cnc(N)[nH]c2=O)OC1=O. The number of aliphatic imine (C=N–C) groups is 4. The van der Waals surface area contributed by atoms with Crippen molar-refractivity contribution in [1.29, 1.82) is 0 Å². The molecule has 4 heterocycles. The molecule has 9 atom stereocenters. The van der Waals surface area contributed by atoms with Crippen LogP contribution in [0.1, 0.15) is 58.9 Å². The lowest BCUT2D eigenvalue weighted by Gasteiger charge is -2.62. The van der Waals surface area contributed by atoms with E-state index in [1.54, 1.807) is 26.3 Å².